The van der Waals surface area contributed by atoms with E-state index in [2.05, 4.69) is 6.58 Å². The summed E-state index contributed by atoms with van der Waals surface area (Å²) in [6.07, 6.45) is 1.90. The molecule has 0 spiro atoms. The Bertz CT molecular complexity index is 101. The Balaban J connectivity index is 3.46. The number of rotatable bonds is 3. The molecule has 0 aromatic heterocycles. The highest BCUT2D eigenvalue weighted by Gasteiger charge is 2.05. The van der Waals surface area contributed by atoms with E-state index in [1.165, 1.54) is 6.08 Å². The normalized spacial score (nSPS) is 9.25. The van der Waals surface area contributed by atoms with Crippen LogP contribution in [0.15, 0.2) is 12.7 Å². The minimum atomic E-state index is -0.565. The summed E-state index contributed by atoms with van der Waals surface area (Å²) in [5, 5.41) is 0. The van der Waals surface area contributed by atoms with Crippen molar-refractivity contribution in [1.29, 1.82) is 0 Å². The Labute approximate surface area is 48.4 Å². The number of carbonyl (C=O) groups excluding carboxylic acids is 1. The molecule has 0 aliphatic rings. The van der Waals surface area contributed by atoms with Gasteiger partial charge in [-0.3, -0.25) is 4.79 Å². The predicted octanol–water partition coefficient (Wildman–Crippen LogP) is -0.462. The second-order valence-corrected chi connectivity index (χ2v) is 1.38. The monoisotopic (exact) mass is 113 g/mol. The maximum absolute atomic E-state index is 10.1. The zero-order valence-corrected chi connectivity index (χ0v) is 4.55. The van der Waals surface area contributed by atoms with Gasteiger partial charge in [0, 0.05) is 0 Å². The quantitative estimate of drug-likeness (QED) is 0.486. The van der Waals surface area contributed by atoms with Crippen molar-refractivity contribution < 1.29 is 4.79 Å². The molecule has 0 aromatic rings. The van der Waals surface area contributed by atoms with Crippen molar-refractivity contribution in [3.63, 3.8) is 0 Å². The molecule has 0 saturated heterocycles. The fourth-order valence-electron chi connectivity index (χ4n) is 0.256. The minimum absolute atomic E-state index is 0.153. The van der Waals surface area contributed by atoms with Crippen LogP contribution in [0.2, 0.25) is 0 Å². The van der Waals surface area contributed by atoms with Crippen molar-refractivity contribution in [2.24, 2.45) is 11.5 Å². The number of hydrogen-bond acceptors (Lipinski definition) is 2. The van der Waals surface area contributed by atoms with Crippen molar-refractivity contribution >= 4 is 5.91 Å². The summed E-state index contributed by atoms with van der Waals surface area (Å²) in [6.45, 7) is 3.37. The van der Waals surface area contributed by atoms with E-state index < -0.39 is 5.91 Å². The van der Waals surface area contributed by atoms with Crippen molar-refractivity contribution in [1.82, 2.24) is 0 Å². The molecule has 0 fully saturated rings. The number of nitrogens with two attached hydrogens (primary N) is 2. The van der Waals surface area contributed by atoms with Gasteiger partial charge in [0.05, 0.1) is 0 Å². The summed E-state index contributed by atoms with van der Waals surface area (Å²) in [4.78, 5) is 10.1. The molecule has 0 heterocycles. The predicted molar refractivity (Wildman–Crippen MR) is 31.4 cm³/mol. The van der Waals surface area contributed by atoms with Crippen LogP contribution in [0.1, 0.15) is 6.42 Å². The molecule has 0 aromatic carbocycles. The second kappa shape index (κ2) is 3.21. The molecule has 1 radical (unpaired) electrons. The van der Waals surface area contributed by atoms with Gasteiger partial charge in [-0.25, -0.2) is 0 Å². The van der Waals surface area contributed by atoms with Gasteiger partial charge >= 0.3 is 0 Å². The Morgan fingerprint density at radius 3 is 2.25 bits per heavy atom. The summed E-state index contributed by atoms with van der Waals surface area (Å²) in [6, 6.07) is 0.153. The highest BCUT2D eigenvalue weighted by Crippen LogP contribution is 1.93. The minimum Gasteiger partial charge on any atom is -0.368 e. The summed E-state index contributed by atoms with van der Waals surface area (Å²) in [5.41, 5.74) is 9.87. The van der Waals surface area contributed by atoms with Crippen molar-refractivity contribution in [2.45, 2.75) is 6.42 Å². The van der Waals surface area contributed by atoms with E-state index >= 15 is 0 Å². The van der Waals surface area contributed by atoms with Gasteiger partial charge < -0.3 is 11.5 Å². The molecular weight excluding hydrogens is 104 g/mol. The maximum Gasteiger partial charge on any atom is 0.240 e. The lowest BCUT2D eigenvalue weighted by Crippen LogP contribution is -2.27. The molecule has 0 aliphatic carbocycles. The van der Waals surface area contributed by atoms with Gasteiger partial charge in [-0.2, -0.15) is 0 Å². The van der Waals surface area contributed by atoms with Gasteiger partial charge in [-0.15, -0.1) is 6.58 Å². The van der Waals surface area contributed by atoms with Crippen LogP contribution in [0.5, 0.6) is 0 Å². The average Bonchev–Trinajstić information content (AvgIpc) is 1.67. The highest BCUT2D eigenvalue weighted by molar-refractivity contribution is 5.87. The molecule has 3 nitrogen and oxygen atoms in total. The SMILES string of the molecule is C=CC[C](N)C(N)=O. The molecule has 0 unspecified atom stereocenters. The zero-order chi connectivity index (χ0) is 6.57. The molecule has 45 valence electrons. The van der Waals surface area contributed by atoms with Crippen LogP contribution in [-0.4, -0.2) is 5.91 Å². The fourth-order valence-corrected chi connectivity index (χ4v) is 0.256. The van der Waals surface area contributed by atoms with Gasteiger partial charge in [-0.1, -0.05) is 6.08 Å². The van der Waals surface area contributed by atoms with Crippen molar-refractivity contribution in [2.75, 3.05) is 0 Å². The Morgan fingerprint density at radius 2 is 2.12 bits per heavy atom. The van der Waals surface area contributed by atoms with Gasteiger partial charge in [0.2, 0.25) is 5.91 Å². The van der Waals surface area contributed by atoms with E-state index in [-0.39, 0.29) is 6.04 Å². The molecule has 0 saturated carbocycles. The zero-order valence-electron chi connectivity index (χ0n) is 4.55. The lowest BCUT2D eigenvalue weighted by Gasteiger charge is -1.98. The van der Waals surface area contributed by atoms with Crippen LogP contribution in [0.3, 0.4) is 0 Å². The van der Waals surface area contributed by atoms with Crippen molar-refractivity contribution in [3.05, 3.63) is 18.7 Å². The Kier molecular flexibility index (Phi) is 2.88. The Morgan fingerprint density at radius 1 is 1.62 bits per heavy atom. The summed E-state index contributed by atoms with van der Waals surface area (Å²) in [5.74, 6) is -0.565. The molecule has 8 heavy (non-hydrogen) atoms. The number of primary amides is 1. The van der Waals surface area contributed by atoms with Gasteiger partial charge in [0.25, 0.3) is 0 Å². The third-order valence-corrected chi connectivity index (χ3v) is 0.681. The van der Waals surface area contributed by atoms with E-state index in [4.69, 9.17) is 11.5 Å². The molecule has 4 N–H and O–H groups in total. The van der Waals surface area contributed by atoms with E-state index in [0.717, 1.165) is 0 Å². The first-order valence-corrected chi connectivity index (χ1v) is 2.20. The molecular formula is C5H9N2O. The summed E-state index contributed by atoms with van der Waals surface area (Å²) in [7, 11) is 0. The van der Waals surface area contributed by atoms with Crippen molar-refractivity contribution in [3.8, 4) is 0 Å². The lowest BCUT2D eigenvalue weighted by molar-refractivity contribution is -0.116. The lowest BCUT2D eigenvalue weighted by atomic mass is 10.2. The smallest absolute Gasteiger partial charge is 0.240 e. The van der Waals surface area contributed by atoms with E-state index in [0.29, 0.717) is 6.42 Å². The number of carbonyl (C=O) groups is 1. The van der Waals surface area contributed by atoms with Gasteiger partial charge in [-0.05, 0) is 6.42 Å². The average molecular weight is 113 g/mol. The first kappa shape index (κ1) is 7.17. The molecule has 0 rings (SSSR count). The topological polar surface area (TPSA) is 69.1 Å². The number of hydrogen-bond donors (Lipinski definition) is 2. The Hall–Kier alpha value is -0.830. The first-order valence-electron chi connectivity index (χ1n) is 2.20. The van der Waals surface area contributed by atoms with Crippen LogP contribution >= 0.6 is 0 Å². The molecule has 0 atom stereocenters. The molecule has 0 bridgehead atoms. The molecule has 0 aliphatic heterocycles. The van der Waals surface area contributed by atoms with Gasteiger partial charge in [0.15, 0.2) is 0 Å². The second-order valence-electron chi connectivity index (χ2n) is 1.38. The van der Waals surface area contributed by atoms with E-state index in [1.807, 2.05) is 0 Å². The van der Waals surface area contributed by atoms with Crippen LogP contribution in [0, 0.1) is 6.04 Å². The van der Waals surface area contributed by atoms with Crippen LogP contribution < -0.4 is 11.5 Å². The third-order valence-electron chi connectivity index (χ3n) is 0.681. The van der Waals surface area contributed by atoms with Crippen LogP contribution in [0.25, 0.3) is 0 Å². The standard InChI is InChI=1S/C5H9N2O/c1-2-3-4(6)5(7)8/h2H,1,3,6H2,(H2,7,8). The maximum atomic E-state index is 10.1. The highest BCUT2D eigenvalue weighted by atomic mass is 16.1. The van der Waals surface area contributed by atoms with Gasteiger partial charge in [0.1, 0.15) is 6.04 Å². The molecule has 3 heteroatoms. The van der Waals surface area contributed by atoms with E-state index in [9.17, 15) is 4.79 Å². The van der Waals surface area contributed by atoms with E-state index in [1.54, 1.807) is 0 Å². The van der Waals surface area contributed by atoms with Crippen LogP contribution in [-0.2, 0) is 4.79 Å². The van der Waals surface area contributed by atoms with Crippen LogP contribution in [0.4, 0.5) is 0 Å². The summed E-state index contributed by atoms with van der Waals surface area (Å²) >= 11 is 0. The third kappa shape index (κ3) is 2.36. The number of amides is 1. The summed E-state index contributed by atoms with van der Waals surface area (Å²) < 4.78 is 0. The molecule has 1 amide bonds. The fraction of sp³-hybridized carbons (Fsp3) is 0.200. The largest absolute Gasteiger partial charge is 0.368 e. The first-order chi connectivity index (χ1) is 3.68.